The van der Waals surface area contributed by atoms with Gasteiger partial charge >= 0.3 is 6.18 Å². The number of benzene rings is 1. The number of hydrogen-bond donors (Lipinski definition) is 2. The van der Waals surface area contributed by atoms with Gasteiger partial charge in [0.25, 0.3) is 5.82 Å². The van der Waals surface area contributed by atoms with Crippen LogP contribution in [0.1, 0.15) is 5.82 Å². The predicted octanol–water partition coefficient (Wildman–Crippen LogP) is 1.06. The van der Waals surface area contributed by atoms with Crippen LogP contribution in [0.3, 0.4) is 0 Å². The summed E-state index contributed by atoms with van der Waals surface area (Å²) in [5.74, 6) is 4.61. The van der Waals surface area contributed by atoms with Gasteiger partial charge in [0.15, 0.2) is 11.5 Å². The predicted molar refractivity (Wildman–Crippen MR) is 85.3 cm³/mol. The summed E-state index contributed by atoms with van der Waals surface area (Å²) < 4.78 is 49.2. The van der Waals surface area contributed by atoms with Gasteiger partial charge in [-0.25, -0.2) is 4.68 Å². The first-order chi connectivity index (χ1) is 12.3. The molecule has 2 heterocycles. The van der Waals surface area contributed by atoms with Crippen molar-refractivity contribution in [2.24, 2.45) is 0 Å². The largest absolute Gasteiger partial charge is 0.486 e. The summed E-state index contributed by atoms with van der Waals surface area (Å²) in [6.07, 6.45) is -5.08. The molecule has 0 unspecified atom stereocenters. The first-order valence-corrected chi connectivity index (χ1v) is 8.39. The molecule has 1 amide bonds. The van der Waals surface area contributed by atoms with Crippen molar-refractivity contribution < 1.29 is 27.4 Å². The smallest absolute Gasteiger partial charge is 0.453 e. The number of fused-ring (bicyclic) bond motifs is 1. The lowest BCUT2D eigenvalue weighted by atomic mass is 10.2. The molecule has 3 N–H and O–H groups in total. The summed E-state index contributed by atoms with van der Waals surface area (Å²) in [6.45, 7) is 0.466. The highest BCUT2D eigenvalue weighted by molar-refractivity contribution is 7.99. The number of alkyl halides is 3. The molecule has 1 aromatic carbocycles. The van der Waals surface area contributed by atoms with Gasteiger partial charge in [-0.2, -0.15) is 13.2 Å². The van der Waals surface area contributed by atoms with Gasteiger partial charge in [-0.3, -0.25) is 4.79 Å². The zero-order chi connectivity index (χ0) is 18.7. The Hall–Kier alpha value is -2.63. The average Bonchev–Trinajstić information content (AvgIpc) is 2.99. The van der Waals surface area contributed by atoms with E-state index in [1.807, 2.05) is 6.07 Å². The van der Waals surface area contributed by atoms with Crippen LogP contribution >= 0.6 is 11.8 Å². The highest BCUT2D eigenvalue weighted by Crippen LogP contribution is 2.31. The number of ether oxygens (including phenoxy) is 2. The number of carbonyl (C=O) groups excluding carboxylic acids is 1. The summed E-state index contributed by atoms with van der Waals surface area (Å²) >= 11 is 0.748. The van der Waals surface area contributed by atoms with Gasteiger partial charge in [0, 0.05) is 0 Å². The molecule has 2 aromatic rings. The summed E-state index contributed by atoms with van der Waals surface area (Å²) in [7, 11) is 0. The van der Waals surface area contributed by atoms with Crippen LogP contribution in [0.2, 0.25) is 0 Å². The average molecular weight is 389 g/mol. The molecule has 0 aliphatic carbocycles. The topological polar surface area (TPSA) is 104 Å². The van der Waals surface area contributed by atoms with Crippen molar-refractivity contribution in [3.05, 3.63) is 30.1 Å². The summed E-state index contributed by atoms with van der Waals surface area (Å²) in [5, 5.41) is 8.73. The van der Waals surface area contributed by atoms with Crippen LogP contribution in [-0.4, -0.2) is 45.8 Å². The molecule has 1 aliphatic rings. The second-order valence-corrected chi connectivity index (χ2v) is 6.21. The van der Waals surface area contributed by atoms with Gasteiger partial charge in [0.05, 0.1) is 12.3 Å². The number of para-hydroxylation sites is 2. The monoisotopic (exact) mass is 389 g/mol. The fourth-order valence-corrected chi connectivity index (χ4v) is 2.83. The first-order valence-electron chi connectivity index (χ1n) is 7.40. The molecule has 0 radical (unpaired) electrons. The molecular weight excluding hydrogens is 375 g/mol. The van der Waals surface area contributed by atoms with Crippen LogP contribution in [0.5, 0.6) is 11.5 Å². The molecule has 8 nitrogen and oxygen atoms in total. The Labute approximate surface area is 149 Å². The van der Waals surface area contributed by atoms with Crippen molar-refractivity contribution in [1.82, 2.24) is 20.2 Å². The number of carbonyl (C=O) groups is 1. The van der Waals surface area contributed by atoms with Crippen LogP contribution < -0.4 is 20.6 Å². The molecule has 0 saturated heterocycles. The zero-order valence-electron chi connectivity index (χ0n) is 13.2. The summed E-state index contributed by atoms with van der Waals surface area (Å²) in [5.41, 5.74) is 0. The van der Waals surface area contributed by atoms with E-state index >= 15 is 0 Å². The third-order valence-corrected chi connectivity index (χ3v) is 4.29. The Kier molecular flexibility index (Phi) is 5.11. The first kappa shape index (κ1) is 18.2. The van der Waals surface area contributed by atoms with Crippen molar-refractivity contribution in [2.45, 2.75) is 17.4 Å². The molecular formula is C14H14F3N5O3S. The number of nitrogens with one attached hydrogen (secondary N) is 1. The third-order valence-electron chi connectivity index (χ3n) is 3.34. The van der Waals surface area contributed by atoms with Gasteiger partial charge in [-0.15, -0.1) is 10.2 Å². The zero-order valence-corrected chi connectivity index (χ0v) is 14.0. The van der Waals surface area contributed by atoms with Gasteiger partial charge in [0.2, 0.25) is 11.1 Å². The third kappa shape index (κ3) is 4.12. The molecule has 0 bridgehead atoms. The minimum atomic E-state index is -4.71. The lowest BCUT2D eigenvalue weighted by molar-refractivity contribution is -0.146. The normalized spacial score (nSPS) is 16.3. The van der Waals surface area contributed by atoms with Gasteiger partial charge in [-0.1, -0.05) is 23.9 Å². The Morgan fingerprint density at radius 3 is 2.77 bits per heavy atom. The Bertz CT molecular complexity index is 798. The Morgan fingerprint density at radius 1 is 1.35 bits per heavy atom. The highest BCUT2D eigenvalue weighted by atomic mass is 32.2. The molecule has 1 atom stereocenters. The SMILES string of the molecule is Nn1c(SCC(=O)NC[C@H]2COc3ccccc3O2)nnc1C(F)(F)F. The maximum absolute atomic E-state index is 12.6. The molecule has 0 fully saturated rings. The van der Waals surface area contributed by atoms with Crippen LogP contribution in [0.25, 0.3) is 0 Å². The Morgan fingerprint density at radius 2 is 2.08 bits per heavy atom. The van der Waals surface area contributed by atoms with E-state index in [0.717, 1.165) is 11.8 Å². The standard InChI is InChI=1S/C14H14F3N5O3S/c15-14(16,17)12-20-21-13(22(12)18)26-7-11(23)19-5-8-6-24-9-3-1-2-4-10(9)25-8/h1-4,8H,5-7,18H2,(H,19,23)/t8-/m0/s1. The van der Waals surface area contributed by atoms with E-state index in [9.17, 15) is 18.0 Å². The van der Waals surface area contributed by atoms with Gasteiger partial charge in [0.1, 0.15) is 12.7 Å². The fraction of sp³-hybridized carbons (Fsp3) is 0.357. The van der Waals surface area contributed by atoms with Crippen molar-refractivity contribution in [3.8, 4) is 11.5 Å². The van der Waals surface area contributed by atoms with Gasteiger partial charge < -0.3 is 20.6 Å². The van der Waals surface area contributed by atoms with E-state index in [0.29, 0.717) is 16.2 Å². The molecule has 1 aliphatic heterocycles. The number of amides is 1. The maximum atomic E-state index is 12.6. The molecule has 3 rings (SSSR count). The van der Waals surface area contributed by atoms with Gasteiger partial charge in [-0.05, 0) is 12.1 Å². The van der Waals surface area contributed by atoms with Crippen molar-refractivity contribution in [3.63, 3.8) is 0 Å². The van der Waals surface area contributed by atoms with Crippen LogP contribution in [0, 0.1) is 0 Å². The number of nitrogens with zero attached hydrogens (tertiary/aromatic N) is 3. The summed E-state index contributed by atoms with van der Waals surface area (Å²) in [4.78, 5) is 11.9. The van der Waals surface area contributed by atoms with E-state index in [2.05, 4.69) is 15.5 Å². The molecule has 1 aromatic heterocycles. The van der Waals surface area contributed by atoms with Crippen molar-refractivity contribution in [1.29, 1.82) is 0 Å². The van der Waals surface area contributed by atoms with E-state index in [4.69, 9.17) is 15.3 Å². The second-order valence-electron chi connectivity index (χ2n) is 5.26. The summed E-state index contributed by atoms with van der Waals surface area (Å²) in [6, 6.07) is 7.16. The number of nitrogen functional groups attached to an aromatic ring is 1. The van der Waals surface area contributed by atoms with E-state index in [1.54, 1.807) is 18.2 Å². The number of thioether (sulfide) groups is 1. The molecule has 0 saturated carbocycles. The molecule has 12 heteroatoms. The van der Waals surface area contributed by atoms with Crippen LogP contribution in [0.15, 0.2) is 29.4 Å². The van der Waals surface area contributed by atoms with Crippen LogP contribution in [-0.2, 0) is 11.0 Å². The lowest BCUT2D eigenvalue weighted by Crippen LogP contribution is -2.41. The van der Waals surface area contributed by atoms with Crippen molar-refractivity contribution >= 4 is 17.7 Å². The number of hydrogen-bond acceptors (Lipinski definition) is 7. The van der Waals surface area contributed by atoms with E-state index in [1.165, 1.54) is 0 Å². The minimum Gasteiger partial charge on any atom is -0.486 e. The maximum Gasteiger partial charge on any atom is 0.453 e. The number of aromatic nitrogens is 3. The molecule has 26 heavy (non-hydrogen) atoms. The quantitative estimate of drug-likeness (QED) is 0.582. The van der Waals surface area contributed by atoms with Crippen molar-refractivity contribution in [2.75, 3.05) is 24.7 Å². The minimum absolute atomic E-state index is 0.169. The molecule has 140 valence electrons. The second kappa shape index (κ2) is 7.32. The highest BCUT2D eigenvalue weighted by Gasteiger charge is 2.38. The lowest BCUT2D eigenvalue weighted by Gasteiger charge is -2.26. The number of halogens is 3. The van der Waals surface area contributed by atoms with E-state index in [-0.39, 0.29) is 30.2 Å². The number of nitrogens with two attached hydrogens (primary N) is 1. The molecule has 0 spiro atoms. The van der Waals surface area contributed by atoms with Crippen LogP contribution in [0.4, 0.5) is 13.2 Å². The Balaban J connectivity index is 1.46. The number of rotatable bonds is 5. The van der Waals surface area contributed by atoms with E-state index < -0.39 is 17.9 Å². The fourth-order valence-electron chi connectivity index (χ4n) is 2.14.